The number of imidazole rings is 1. The highest BCUT2D eigenvalue weighted by Crippen LogP contribution is 2.32. The minimum atomic E-state index is -0.358. The van der Waals surface area contributed by atoms with Crippen molar-refractivity contribution in [2.75, 3.05) is 0 Å². The first-order valence-corrected chi connectivity index (χ1v) is 9.86. The van der Waals surface area contributed by atoms with Crippen molar-refractivity contribution in [2.45, 2.75) is 32.4 Å². The number of rotatable bonds is 4. The van der Waals surface area contributed by atoms with Gasteiger partial charge < -0.3 is 4.57 Å². The van der Waals surface area contributed by atoms with Gasteiger partial charge in [0.2, 0.25) is 0 Å². The predicted molar refractivity (Wildman–Crippen MR) is 113 cm³/mol. The monoisotopic (exact) mass is 397 g/mol. The Morgan fingerprint density at radius 3 is 2.67 bits per heavy atom. The Balaban J connectivity index is 1.79. The van der Waals surface area contributed by atoms with E-state index in [1.54, 1.807) is 17.0 Å². The van der Waals surface area contributed by atoms with Crippen molar-refractivity contribution >= 4 is 11.2 Å². The Morgan fingerprint density at radius 1 is 1.13 bits per heavy atom. The fourth-order valence-corrected chi connectivity index (χ4v) is 3.88. The van der Waals surface area contributed by atoms with Crippen LogP contribution in [0.25, 0.3) is 16.9 Å². The average Bonchev–Trinajstić information content (AvgIpc) is 3.49. The van der Waals surface area contributed by atoms with E-state index in [0.29, 0.717) is 29.0 Å². The average molecular weight is 397 g/mol. The number of hydrogen-bond donors (Lipinski definition) is 0. The molecule has 0 unspecified atom stereocenters. The standard InChI is InChI=1S/C23H19N5O2/c1-15-5-4-8-19(11-15)27-21-20(22(29)28(23(27)30)18-9-10-18)26(14-25-21)13-17-7-3-2-6-16(17)12-24/h2-8,11,14,18H,9-10,13H2,1H3. The zero-order valence-corrected chi connectivity index (χ0v) is 16.4. The zero-order valence-electron chi connectivity index (χ0n) is 16.4. The van der Waals surface area contributed by atoms with E-state index in [1.165, 1.54) is 9.13 Å². The molecule has 0 N–H and O–H groups in total. The van der Waals surface area contributed by atoms with Gasteiger partial charge in [0.1, 0.15) is 0 Å². The van der Waals surface area contributed by atoms with Gasteiger partial charge in [0, 0.05) is 6.04 Å². The Hall–Kier alpha value is -3.92. The van der Waals surface area contributed by atoms with Crippen molar-refractivity contribution in [3.8, 4) is 11.8 Å². The third-order valence-electron chi connectivity index (χ3n) is 5.50. The number of hydrogen-bond acceptors (Lipinski definition) is 4. The Kier molecular flexibility index (Phi) is 4.14. The first-order chi connectivity index (χ1) is 14.6. The molecule has 1 saturated carbocycles. The summed E-state index contributed by atoms with van der Waals surface area (Å²) in [5.41, 5.74) is 3.06. The lowest BCUT2D eigenvalue weighted by molar-refractivity contribution is 0.639. The van der Waals surface area contributed by atoms with Gasteiger partial charge in [-0.25, -0.2) is 14.3 Å². The first kappa shape index (κ1) is 18.1. The summed E-state index contributed by atoms with van der Waals surface area (Å²) in [6.07, 6.45) is 3.21. The second kappa shape index (κ2) is 6.85. The van der Waals surface area contributed by atoms with Crippen LogP contribution >= 0.6 is 0 Å². The Bertz CT molecular complexity index is 1450. The van der Waals surface area contributed by atoms with Gasteiger partial charge in [0.15, 0.2) is 11.2 Å². The van der Waals surface area contributed by atoms with Crippen LogP contribution in [0.1, 0.15) is 35.6 Å². The lowest BCUT2D eigenvalue weighted by Gasteiger charge is -2.13. The predicted octanol–water partition coefficient (Wildman–Crippen LogP) is 2.91. The number of nitrogens with zero attached hydrogens (tertiary/aromatic N) is 5. The maximum Gasteiger partial charge on any atom is 0.337 e. The smallest absolute Gasteiger partial charge is 0.320 e. The van der Waals surface area contributed by atoms with Crippen LogP contribution in [0.15, 0.2) is 64.4 Å². The van der Waals surface area contributed by atoms with Gasteiger partial charge in [0.25, 0.3) is 5.56 Å². The third kappa shape index (κ3) is 2.85. The van der Waals surface area contributed by atoms with Crippen LogP contribution < -0.4 is 11.2 Å². The molecule has 1 aliphatic carbocycles. The zero-order chi connectivity index (χ0) is 20.8. The van der Waals surface area contributed by atoms with Gasteiger partial charge in [-0.1, -0.05) is 30.3 Å². The summed E-state index contributed by atoms with van der Waals surface area (Å²) in [6.45, 7) is 2.28. The van der Waals surface area contributed by atoms with E-state index in [-0.39, 0.29) is 17.3 Å². The van der Waals surface area contributed by atoms with Gasteiger partial charge in [-0.05, 0) is 49.1 Å². The summed E-state index contributed by atoms with van der Waals surface area (Å²) in [7, 11) is 0. The SMILES string of the molecule is Cc1cccc(-n2c(=O)n(C3CC3)c(=O)c3c2ncn3Cc2ccccc2C#N)c1. The third-order valence-corrected chi connectivity index (χ3v) is 5.50. The van der Waals surface area contributed by atoms with Crippen molar-refractivity contribution in [3.63, 3.8) is 0 Å². The number of nitriles is 1. The molecule has 0 atom stereocenters. The second-order valence-electron chi connectivity index (χ2n) is 7.68. The molecule has 1 fully saturated rings. The van der Waals surface area contributed by atoms with Gasteiger partial charge in [-0.2, -0.15) is 5.26 Å². The first-order valence-electron chi connectivity index (χ1n) is 9.86. The summed E-state index contributed by atoms with van der Waals surface area (Å²) in [5.74, 6) is 0. The van der Waals surface area contributed by atoms with Crippen LogP contribution in [-0.4, -0.2) is 18.7 Å². The maximum absolute atomic E-state index is 13.3. The molecule has 0 saturated heterocycles. The molecule has 7 nitrogen and oxygen atoms in total. The Morgan fingerprint density at radius 2 is 1.93 bits per heavy atom. The summed E-state index contributed by atoms with van der Waals surface area (Å²) in [6, 6.07) is 17.0. The van der Waals surface area contributed by atoms with E-state index in [1.807, 2.05) is 49.4 Å². The van der Waals surface area contributed by atoms with Crippen LogP contribution in [0.3, 0.4) is 0 Å². The quantitative estimate of drug-likeness (QED) is 0.530. The van der Waals surface area contributed by atoms with E-state index in [4.69, 9.17) is 0 Å². The molecule has 0 radical (unpaired) electrons. The highest BCUT2D eigenvalue weighted by atomic mass is 16.2. The summed E-state index contributed by atoms with van der Waals surface area (Å²) in [4.78, 5) is 31.1. The summed E-state index contributed by atoms with van der Waals surface area (Å²) in [5, 5.41) is 9.41. The highest BCUT2D eigenvalue weighted by molar-refractivity contribution is 5.72. The molecule has 148 valence electrons. The molecule has 7 heteroatoms. The largest absolute Gasteiger partial charge is 0.337 e. The normalized spacial score (nSPS) is 13.5. The van der Waals surface area contributed by atoms with Gasteiger partial charge >= 0.3 is 5.69 Å². The molecular formula is C23H19N5O2. The number of aryl methyl sites for hydroxylation is 1. The van der Waals surface area contributed by atoms with Crippen LogP contribution in [0.5, 0.6) is 0 Å². The minimum absolute atomic E-state index is 0.0693. The van der Waals surface area contributed by atoms with Crippen LogP contribution in [0.2, 0.25) is 0 Å². The molecule has 2 heterocycles. The van der Waals surface area contributed by atoms with Crippen molar-refractivity contribution in [1.82, 2.24) is 18.7 Å². The van der Waals surface area contributed by atoms with E-state index in [2.05, 4.69) is 11.1 Å². The molecule has 2 aromatic carbocycles. The number of benzene rings is 2. The molecule has 0 bridgehead atoms. The van der Waals surface area contributed by atoms with Crippen molar-refractivity contribution in [2.24, 2.45) is 0 Å². The van der Waals surface area contributed by atoms with Crippen LogP contribution in [0.4, 0.5) is 0 Å². The highest BCUT2D eigenvalue weighted by Gasteiger charge is 2.30. The van der Waals surface area contributed by atoms with Gasteiger partial charge in [-0.3, -0.25) is 9.36 Å². The van der Waals surface area contributed by atoms with Crippen molar-refractivity contribution in [3.05, 3.63) is 92.4 Å². The van der Waals surface area contributed by atoms with E-state index in [9.17, 15) is 14.9 Å². The molecule has 1 aliphatic rings. The molecule has 2 aromatic heterocycles. The molecule has 5 rings (SSSR count). The van der Waals surface area contributed by atoms with E-state index in [0.717, 1.165) is 24.0 Å². The lowest BCUT2D eigenvalue weighted by Crippen LogP contribution is -2.39. The van der Waals surface area contributed by atoms with E-state index >= 15 is 0 Å². The van der Waals surface area contributed by atoms with Crippen molar-refractivity contribution in [1.29, 1.82) is 5.26 Å². The Labute approximate surface area is 172 Å². The topological polar surface area (TPSA) is 85.6 Å². The van der Waals surface area contributed by atoms with Crippen molar-refractivity contribution < 1.29 is 0 Å². The molecule has 0 amide bonds. The lowest BCUT2D eigenvalue weighted by atomic mass is 10.1. The second-order valence-corrected chi connectivity index (χ2v) is 7.68. The van der Waals surface area contributed by atoms with Crippen LogP contribution in [0, 0.1) is 18.3 Å². The van der Waals surface area contributed by atoms with Gasteiger partial charge in [-0.15, -0.1) is 0 Å². The summed E-state index contributed by atoms with van der Waals surface area (Å²) >= 11 is 0. The molecular weight excluding hydrogens is 378 g/mol. The number of fused-ring (bicyclic) bond motifs is 1. The molecule has 0 spiro atoms. The molecule has 0 aliphatic heterocycles. The summed E-state index contributed by atoms with van der Waals surface area (Å²) < 4.78 is 4.62. The maximum atomic E-state index is 13.3. The number of aromatic nitrogens is 4. The fraction of sp³-hybridized carbons (Fsp3) is 0.217. The van der Waals surface area contributed by atoms with E-state index < -0.39 is 0 Å². The fourth-order valence-electron chi connectivity index (χ4n) is 3.88. The van der Waals surface area contributed by atoms with Crippen LogP contribution in [-0.2, 0) is 6.54 Å². The van der Waals surface area contributed by atoms with Gasteiger partial charge in [0.05, 0.1) is 30.2 Å². The molecule has 30 heavy (non-hydrogen) atoms. The minimum Gasteiger partial charge on any atom is -0.320 e. The molecule has 4 aromatic rings.